The molecule has 6 heteroatoms. The van der Waals surface area contributed by atoms with Crippen LogP contribution in [0.5, 0.6) is 0 Å². The van der Waals surface area contributed by atoms with E-state index in [9.17, 15) is 4.79 Å². The molecule has 6 nitrogen and oxygen atoms in total. The molecule has 2 aromatic rings. The summed E-state index contributed by atoms with van der Waals surface area (Å²) in [4.78, 5) is 14.1. The fourth-order valence-electron chi connectivity index (χ4n) is 2.20. The van der Waals surface area contributed by atoms with Gasteiger partial charge in [-0.2, -0.15) is 0 Å². The molecule has 0 radical (unpaired) electrons. The van der Waals surface area contributed by atoms with E-state index in [1.54, 1.807) is 13.0 Å². The maximum atomic E-state index is 12.0. The van der Waals surface area contributed by atoms with E-state index < -0.39 is 0 Å². The van der Waals surface area contributed by atoms with Gasteiger partial charge >= 0.3 is 0 Å². The van der Waals surface area contributed by atoms with E-state index in [0.29, 0.717) is 24.7 Å². The van der Waals surface area contributed by atoms with Crippen molar-refractivity contribution in [2.24, 2.45) is 5.73 Å². The van der Waals surface area contributed by atoms with Gasteiger partial charge in [0.25, 0.3) is 0 Å². The highest BCUT2D eigenvalue weighted by Gasteiger charge is 2.12. The molecular formula is C16H22N4O2. The van der Waals surface area contributed by atoms with Gasteiger partial charge < -0.3 is 15.6 Å². The van der Waals surface area contributed by atoms with Gasteiger partial charge in [0.1, 0.15) is 5.76 Å². The minimum absolute atomic E-state index is 0.116. The zero-order chi connectivity index (χ0) is 15.8. The number of amides is 1. The number of hydrogen-bond acceptors (Lipinski definition) is 5. The second kappa shape index (κ2) is 8.31. The topological polar surface area (TPSA) is 84.4 Å². The smallest absolute Gasteiger partial charge is 0.239 e. The molecule has 0 saturated heterocycles. The molecule has 0 bridgehead atoms. The summed E-state index contributed by atoms with van der Waals surface area (Å²) in [6.45, 7) is 4.05. The molecule has 22 heavy (non-hydrogen) atoms. The molecule has 0 unspecified atom stereocenters. The van der Waals surface area contributed by atoms with E-state index in [2.05, 4.69) is 22.6 Å². The Hall–Kier alpha value is -2.18. The number of nitrogens with one attached hydrogen (secondary N) is 1. The summed E-state index contributed by atoms with van der Waals surface area (Å²) in [5.74, 6) is 0.992. The standard InChI is InChI=1S/C16H22N4O2/c1-13-11-15(19-22-13)18-16(21)12-20(10-8-17)9-7-14-5-3-2-4-6-14/h2-6,11H,7-10,12,17H2,1H3,(H,18,19,21). The first-order valence-electron chi connectivity index (χ1n) is 7.37. The number of nitrogens with two attached hydrogens (primary N) is 1. The molecular weight excluding hydrogens is 280 g/mol. The van der Waals surface area contributed by atoms with Gasteiger partial charge in [-0.1, -0.05) is 35.5 Å². The quantitative estimate of drug-likeness (QED) is 0.770. The third kappa shape index (κ3) is 5.31. The van der Waals surface area contributed by atoms with Crippen molar-refractivity contribution in [3.63, 3.8) is 0 Å². The third-order valence-electron chi connectivity index (χ3n) is 3.27. The Morgan fingerprint density at radius 1 is 1.32 bits per heavy atom. The second-order valence-corrected chi connectivity index (χ2v) is 5.17. The van der Waals surface area contributed by atoms with Gasteiger partial charge in [-0.3, -0.25) is 9.69 Å². The number of aryl methyl sites for hydroxylation is 1. The molecule has 0 fully saturated rings. The Bertz CT molecular complexity index is 583. The number of carbonyl (C=O) groups is 1. The van der Waals surface area contributed by atoms with Crippen molar-refractivity contribution in [3.05, 3.63) is 47.7 Å². The van der Waals surface area contributed by atoms with Crippen molar-refractivity contribution in [2.75, 3.05) is 31.5 Å². The van der Waals surface area contributed by atoms with Crippen molar-refractivity contribution in [1.82, 2.24) is 10.1 Å². The maximum Gasteiger partial charge on any atom is 0.239 e. The summed E-state index contributed by atoms with van der Waals surface area (Å²) < 4.78 is 4.92. The second-order valence-electron chi connectivity index (χ2n) is 5.17. The van der Waals surface area contributed by atoms with Gasteiger partial charge in [-0.25, -0.2) is 0 Å². The van der Waals surface area contributed by atoms with Crippen molar-refractivity contribution >= 4 is 11.7 Å². The summed E-state index contributed by atoms with van der Waals surface area (Å²) in [6, 6.07) is 11.9. The number of aromatic nitrogens is 1. The van der Waals surface area contributed by atoms with E-state index in [1.807, 2.05) is 23.1 Å². The maximum absolute atomic E-state index is 12.0. The molecule has 1 amide bonds. The molecule has 3 N–H and O–H groups in total. The largest absolute Gasteiger partial charge is 0.360 e. The Kier molecular flexibility index (Phi) is 6.12. The molecule has 1 heterocycles. The number of benzene rings is 1. The van der Waals surface area contributed by atoms with E-state index in [1.165, 1.54) is 5.56 Å². The van der Waals surface area contributed by atoms with E-state index in [-0.39, 0.29) is 12.5 Å². The molecule has 0 aliphatic heterocycles. The lowest BCUT2D eigenvalue weighted by atomic mass is 10.1. The molecule has 0 spiro atoms. The Morgan fingerprint density at radius 2 is 2.09 bits per heavy atom. The molecule has 0 aliphatic carbocycles. The highest BCUT2D eigenvalue weighted by molar-refractivity contribution is 5.91. The molecule has 118 valence electrons. The first-order chi connectivity index (χ1) is 10.7. The SMILES string of the molecule is Cc1cc(NC(=O)CN(CCN)CCc2ccccc2)no1. The highest BCUT2D eigenvalue weighted by atomic mass is 16.5. The number of nitrogens with zero attached hydrogens (tertiary/aromatic N) is 2. The van der Waals surface area contributed by atoms with Gasteiger partial charge in [0.05, 0.1) is 6.54 Å². The van der Waals surface area contributed by atoms with Crippen LogP contribution in [0.15, 0.2) is 40.9 Å². The fraction of sp³-hybridized carbons (Fsp3) is 0.375. The van der Waals surface area contributed by atoms with Crippen LogP contribution in [-0.4, -0.2) is 42.1 Å². The van der Waals surface area contributed by atoms with Gasteiger partial charge in [0, 0.05) is 25.7 Å². The zero-order valence-electron chi connectivity index (χ0n) is 12.8. The van der Waals surface area contributed by atoms with Crippen LogP contribution < -0.4 is 11.1 Å². The molecule has 2 rings (SSSR count). The first kappa shape index (κ1) is 16.2. The lowest BCUT2D eigenvalue weighted by molar-refractivity contribution is -0.117. The predicted octanol–water partition coefficient (Wildman–Crippen LogP) is 1.42. The van der Waals surface area contributed by atoms with Crippen LogP contribution in [0.4, 0.5) is 5.82 Å². The van der Waals surface area contributed by atoms with Gasteiger partial charge in [0.2, 0.25) is 5.91 Å². The lowest BCUT2D eigenvalue weighted by Gasteiger charge is -2.20. The van der Waals surface area contributed by atoms with Crippen LogP contribution in [0.2, 0.25) is 0 Å². The Morgan fingerprint density at radius 3 is 2.73 bits per heavy atom. The Labute approximate surface area is 130 Å². The minimum atomic E-state index is -0.116. The van der Waals surface area contributed by atoms with Gasteiger partial charge in [-0.15, -0.1) is 0 Å². The zero-order valence-corrected chi connectivity index (χ0v) is 12.8. The number of anilines is 1. The van der Waals surface area contributed by atoms with Gasteiger partial charge in [-0.05, 0) is 18.9 Å². The average Bonchev–Trinajstić information content (AvgIpc) is 2.91. The minimum Gasteiger partial charge on any atom is -0.360 e. The van der Waals surface area contributed by atoms with Crippen molar-refractivity contribution in [3.8, 4) is 0 Å². The lowest BCUT2D eigenvalue weighted by Crippen LogP contribution is -2.38. The molecule has 1 aromatic heterocycles. The highest BCUT2D eigenvalue weighted by Crippen LogP contribution is 2.07. The normalized spacial score (nSPS) is 10.9. The van der Waals surface area contributed by atoms with E-state index in [0.717, 1.165) is 13.0 Å². The summed E-state index contributed by atoms with van der Waals surface area (Å²) in [5.41, 5.74) is 6.88. The molecule has 1 aromatic carbocycles. The number of carbonyl (C=O) groups excluding carboxylic acids is 1. The summed E-state index contributed by atoms with van der Waals surface area (Å²) in [7, 11) is 0. The van der Waals surface area contributed by atoms with Crippen LogP contribution in [0.1, 0.15) is 11.3 Å². The van der Waals surface area contributed by atoms with Crippen LogP contribution in [-0.2, 0) is 11.2 Å². The van der Waals surface area contributed by atoms with E-state index >= 15 is 0 Å². The van der Waals surface area contributed by atoms with Crippen molar-refractivity contribution in [1.29, 1.82) is 0 Å². The summed E-state index contributed by atoms with van der Waals surface area (Å²) >= 11 is 0. The molecule has 0 atom stereocenters. The van der Waals surface area contributed by atoms with Crippen LogP contribution in [0.25, 0.3) is 0 Å². The van der Waals surface area contributed by atoms with Crippen molar-refractivity contribution in [2.45, 2.75) is 13.3 Å². The fourth-order valence-corrected chi connectivity index (χ4v) is 2.20. The summed E-state index contributed by atoms with van der Waals surface area (Å²) in [6.07, 6.45) is 0.886. The first-order valence-corrected chi connectivity index (χ1v) is 7.37. The average molecular weight is 302 g/mol. The number of rotatable bonds is 8. The monoisotopic (exact) mass is 302 g/mol. The predicted molar refractivity (Wildman–Crippen MR) is 85.5 cm³/mol. The number of hydrogen-bond donors (Lipinski definition) is 2. The summed E-state index contributed by atoms with van der Waals surface area (Å²) in [5, 5.41) is 6.48. The molecule has 0 aliphatic rings. The van der Waals surface area contributed by atoms with Crippen LogP contribution >= 0.6 is 0 Å². The molecule has 0 saturated carbocycles. The van der Waals surface area contributed by atoms with Crippen molar-refractivity contribution < 1.29 is 9.32 Å². The Balaban J connectivity index is 1.83. The van der Waals surface area contributed by atoms with Gasteiger partial charge in [0.15, 0.2) is 5.82 Å². The third-order valence-corrected chi connectivity index (χ3v) is 3.27. The van der Waals surface area contributed by atoms with E-state index in [4.69, 9.17) is 10.3 Å². The van der Waals surface area contributed by atoms with Crippen LogP contribution in [0.3, 0.4) is 0 Å². The van der Waals surface area contributed by atoms with Crippen LogP contribution in [0, 0.1) is 6.92 Å².